The van der Waals surface area contributed by atoms with Crippen molar-refractivity contribution in [1.29, 1.82) is 0 Å². The van der Waals surface area contributed by atoms with Crippen molar-refractivity contribution in [2.24, 2.45) is 0 Å². The van der Waals surface area contributed by atoms with Crippen molar-refractivity contribution in [3.63, 3.8) is 0 Å². The molecule has 0 radical (unpaired) electrons. The molecule has 1 unspecified atom stereocenters. The summed E-state index contributed by atoms with van der Waals surface area (Å²) in [4.78, 5) is 11.5. The molecule has 20 heavy (non-hydrogen) atoms. The van der Waals surface area contributed by atoms with Gasteiger partial charge in [0.15, 0.2) is 0 Å². The van der Waals surface area contributed by atoms with Crippen LogP contribution in [0.1, 0.15) is 30.0 Å². The zero-order valence-corrected chi connectivity index (χ0v) is 11.2. The fourth-order valence-corrected chi connectivity index (χ4v) is 2.49. The summed E-state index contributed by atoms with van der Waals surface area (Å²) >= 11 is -0.561. The van der Waals surface area contributed by atoms with E-state index < -0.39 is 29.2 Å². The first-order valence-electron chi connectivity index (χ1n) is 5.97. The third-order valence-electron chi connectivity index (χ3n) is 3.11. The van der Waals surface area contributed by atoms with Gasteiger partial charge in [0, 0.05) is 0 Å². The highest BCUT2D eigenvalue weighted by Crippen LogP contribution is 2.34. The largest absolute Gasteiger partial charge is 0.397 e. The van der Waals surface area contributed by atoms with Gasteiger partial charge in [-0.25, -0.2) is 5.26 Å². The Kier molecular flexibility index (Phi) is 4.92. The highest BCUT2D eigenvalue weighted by Gasteiger charge is 2.43. The monoisotopic (exact) mass is 305 g/mol. The molecule has 0 bridgehead atoms. The fraction of sp³-hybridized carbons (Fsp3) is 0.417. The van der Waals surface area contributed by atoms with Gasteiger partial charge in [0.1, 0.15) is 12.0 Å². The summed E-state index contributed by atoms with van der Waals surface area (Å²) in [5, 5.41) is 9.38. The maximum atomic E-state index is 13.4. The van der Waals surface area contributed by atoms with Crippen LogP contribution in [0.3, 0.4) is 0 Å². The molecule has 0 spiro atoms. The number of benzene rings is 1. The number of halogens is 2. The van der Waals surface area contributed by atoms with Crippen molar-refractivity contribution >= 4 is 17.9 Å². The summed E-state index contributed by atoms with van der Waals surface area (Å²) in [5.41, 5.74) is 1.90. The van der Waals surface area contributed by atoms with Crippen LogP contribution in [-0.4, -0.2) is 16.4 Å². The summed E-state index contributed by atoms with van der Waals surface area (Å²) in [6.07, 6.45) is 2.28. The van der Waals surface area contributed by atoms with E-state index in [4.69, 9.17) is 5.26 Å². The molecule has 0 heterocycles. The van der Waals surface area contributed by atoms with Crippen molar-refractivity contribution in [3.8, 4) is 0 Å². The van der Waals surface area contributed by atoms with Gasteiger partial charge >= 0.3 is 11.2 Å². The second-order valence-electron chi connectivity index (χ2n) is 4.36. The number of rotatable bonds is 5. The Balaban J connectivity index is 2.06. The van der Waals surface area contributed by atoms with E-state index in [1.54, 1.807) is 6.07 Å². The molecule has 110 valence electrons. The van der Waals surface area contributed by atoms with Crippen LogP contribution in [-0.2, 0) is 20.6 Å². The standard InChI is InChI=1S/C12H13F2NO4S/c13-12(14,20-19-18-17)11(16)15-10-7-3-5-8-4-1-2-6-9(8)10/h1-2,4,6,10,17H,3,5,7H2,(H,15,16). The second-order valence-corrected chi connectivity index (χ2v) is 5.18. The number of carbonyl (C=O) groups is 1. The lowest BCUT2D eigenvalue weighted by atomic mass is 9.88. The predicted molar refractivity (Wildman–Crippen MR) is 67.6 cm³/mol. The highest BCUT2D eigenvalue weighted by molar-refractivity contribution is 7.96. The molecule has 0 aromatic heterocycles. The van der Waals surface area contributed by atoms with E-state index in [1.807, 2.05) is 18.2 Å². The number of carbonyl (C=O) groups excluding carboxylic acids is 1. The molecule has 0 aliphatic heterocycles. The fourth-order valence-electron chi connectivity index (χ4n) is 2.24. The van der Waals surface area contributed by atoms with E-state index >= 15 is 0 Å². The number of amides is 1. The molecule has 1 aliphatic carbocycles. The summed E-state index contributed by atoms with van der Waals surface area (Å²) in [6.45, 7) is 0. The first kappa shape index (κ1) is 15.2. The van der Waals surface area contributed by atoms with Crippen molar-refractivity contribution in [2.45, 2.75) is 30.6 Å². The lowest BCUT2D eigenvalue weighted by Gasteiger charge is -2.27. The van der Waals surface area contributed by atoms with Gasteiger partial charge in [0.25, 0.3) is 0 Å². The van der Waals surface area contributed by atoms with Crippen LogP contribution < -0.4 is 5.32 Å². The van der Waals surface area contributed by atoms with E-state index in [0.29, 0.717) is 6.42 Å². The van der Waals surface area contributed by atoms with Crippen LogP contribution in [0, 0.1) is 0 Å². The first-order chi connectivity index (χ1) is 9.54. The van der Waals surface area contributed by atoms with Crippen LogP contribution in [0.5, 0.6) is 0 Å². The smallest absolute Gasteiger partial charge is 0.343 e. The molecular weight excluding hydrogens is 292 g/mol. The minimum Gasteiger partial charge on any atom is -0.343 e. The van der Waals surface area contributed by atoms with Gasteiger partial charge in [-0.3, -0.25) is 4.79 Å². The van der Waals surface area contributed by atoms with Crippen LogP contribution >= 0.6 is 12.0 Å². The average Bonchev–Trinajstić information content (AvgIpc) is 2.45. The number of hydrogen-bond acceptors (Lipinski definition) is 5. The van der Waals surface area contributed by atoms with Gasteiger partial charge < -0.3 is 5.32 Å². The minimum absolute atomic E-state index is 0.450. The van der Waals surface area contributed by atoms with Gasteiger partial charge in [0.2, 0.25) is 0 Å². The molecule has 1 amide bonds. The van der Waals surface area contributed by atoms with E-state index in [9.17, 15) is 13.6 Å². The van der Waals surface area contributed by atoms with Crippen molar-refractivity contribution < 1.29 is 28.2 Å². The molecule has 1 aromatic carbocycles. The lowest BCUT2D eigenvalue weighted by molar-refractivity contribution is -0.433. The number of nitrogens with one attached hydrogen (secondary N) is 1. The van der Waals surface area contributed by atoms with E-state index in [1.165, 1.54) is 0 Å². The summed E-state index contributed by atoms with van der Waals surface area (Å²) in [5.74, 6) is -1.48. The van der Waals surface area contributed by atoms with Crippen molar-refractivity contribution in [2.75, 3.05) is 0 Å². The average molecular weight is 305 g/mol. The molecule has 0 saturated heterocycles. The van der Waals surface area contributed by atoms with Gasteiger partial charge in [-0.15, -0.1) is 4.33 Å². The zero-order chi connectivity index (χ0) is 14.6. The third kappa shape index (κ3) is 3.45. The Bertz CT molecular complexity index is 486. The quantitative estimate of drug-likeness (QED) is 0.497. The van der Waals surface area contributed by atoms with Gasteiger partial charge in [-0.05, 0) is 30.4 Å². The molecule has 2 N–H and O–H groups in total. The SMILES string of the molecule is O=C(NC1CCCc2ccccc21)C(F)(F)SOOO. The van der Waals surface area contributed by atoms with Crippen LogP contribution in [0.4, 0.5) is 8.78 Å². The zero-order valence-electron chi connectivity index (χ0n) is 10.3. The Morgan fingerprint density at radius 2 is 2.20 bits per heavy atom. The van der Waals surface area contributed by atoms with Gasteiger partial charge in [-0.2, -0.15) is 8.78 Å². The molecule has 8 heteroatoms. The second kappa shape index (κ2) is 6.49. The molecular formula is C12H13F2NO4S. The molecule has 5 nitrogen and oxygen atoms in total. The Labute approximate surface area is 118 Å². The normalized spacial score (nSPS) is 18.4. The minimum atomic E-state index is -3.85. The van der Waals surface area contributed by atoms with Crippen molar-refractivity contribution in [1.82, 2.24) is 5.32 Å². The van der Waals surface area contributed by atoms with Gasteiger partial charge in [-0.1, -0.05) is 29.3 Å². The predicted octanol–water partition coefficient (Wildman–Crippen LogP) is 2.84. The molecule has 0 saturated carbocycles. The Morgan fingerprint density at radius 1 is 1.45 bits per heavy atom. The van der Waals surface area contributed by atoms with E-state index in [0.717, 1.165) is 24.0 Å². The number of hydrogen-bond donors (Lipinski definition) is 2. The number of alkyl halides is 2. The summed E-state index contributed by atoms with van der Waals surface area (Å²) in [6, 6.07) is 6.97. The summed E-state index contributed by atoms with van der Waals surface area (Å²) in [7, 11) is 0. The van der Waals surface area contributed by atoms with Crippen LogP contribution in [0.25, 0.3) is 0 Å². The maximum Gasteiger partial charge on any atom is 0.397 e. The highest BCUT2D eigenvalue weighted by atomic mass is 32.2. The molecule has 2 rings (SSSR count). The molecule has 1 atom stereocenters. The van der Waals surface area contributed by atoms with Crippen LogP contribution in [0.15, 0.2) is 24.3 Å². The Hall–Kier alpha value is -1.22. The summed E-state index contributed by atoms with van der Waals surface area (Å²) < 4.78 is 30.4. The van der Waals surface area contributed by atoms with E-state index in [-0.39, 0.29) is 0 Å². The number of aryl methyl sites for hydroxylation is 1. The molecule has 1 aromatic rings. The number of fused-ring (bicyclic) bond motifs is 1. The Morgan fingerprint density at radius 3 is 2.95 bits per heavy atom. The van der Waals surface area contributed by atoms with Crippen LogP contribution in [0.2, 0.25) is 0 Å². The maximum absolute atomic E-state index is 13.4. The van der Waals surface area contributed by atoms with Crippen molar-refractivity contribution in [3.05, 3.63) is 35.4 Å². The third-order valence-corrected chi connectivity index (χ3v) is 3.63. The van der Waals surface area contributed by atoms with E-state index in [2.05, 4.69) is 14.7 Å². The first-order valence-corrected chi connectivity index (χ1v) is 6.71. The lowest BCUT2D eigenvalue weighted by Crippen LogP contribution is -2.41. The molecule has 0 fully saturated rings. The van der Waals surface area contributed by atoms with Gasteiger partial charge in [0.05, 0.1) is 6.04 Å². The topological polar surface area (TPSA) is 67.8 Å². The molecule has 1 aliphatic rings.